The lowest BCUT2D eigenvalue weighted by atomic mass is 9.67. The van der Waals surface area contributed by atoms with Crippen LogP contribution in [-0.4, -0.2) is 42.7 Å². The van der Waals surface area contributed by atoms with Crippen LogP contribution in [0.4, 0.5) is 0 Å². The van der Waals surface area contributed by atoms with E-state index in [0.717, 1.165) is 5.56 Å². The van der Waals surface area contributed by atoms with Crippen LogP contribution < -0.4 is 5.32 Å². The number of rotatable bonds is 5. The molecule has 0 aromatic heterocycles. The minimum Gasteiger partial charge on any atom is -0.465 e. The van der Waals surface area contributed by atoms with Crippen LogP contribution in [0.1, 0.15) is 39.2 Å². The van der Waals surface area contributed by atoms with E-state index in [1.54, 1.807) is 13.8 Å². The van der Waals surface area contributed by atoms with Gasteiger partial charge in [0.05, 0.1) is 22.1 Å². The van der Waals surface area contributed by atoms with Gasteiger partial charge in [0.15, 0.2) is 8.65 Å². The molecule has 1 heterocycles. The monoisotopic (exact) mass is 645 g/mol. The molecule has 0 saturated carbocycles. The molecule has 156 valence electrons. The van der Waals surface area contributed by atoms with Gasteiger partial charge in [-0.25, -0.2) is 0 Å². The maximum absolute atomic E-state index is 13.3. The van der Waals surface area contributed by atoms with E-state index in [9.17, 15) is 9.59 Å². The predicted octanol–water partition coefficient (Wildman–Crippen LogP) is 4.99. The van der Waals surface area contributed by atoms with Gasteiger partial charge in [-0.3, -0.25) is 14.9 Å². The molecular formula is C19H23Br4NO4. The van der Waals surface area contributed by atoms with E-state index in [-0.39, 0.29) is 13.2 Å². The molecule has 28 heavy (non-hydrogen) atoms. The lowest BCUT2D eigenvalue weighted by molar-refractivity contribution is -0.154. The Morgan fingerprint density at radius 1 is 0.893 bits per heavy atom. The van der Waals surface area contributed by atoms with E-state index >= 15 is 0 Å². The van der Waals surface area contributed by atoms with E-state index in [0.29, 0.717) is 0 Å². The molecule has 1 aromatic rings. The van der Waals surface area contributed by atoms with Crippen molar-refractivity contribution in [3.8, 4) is 0 Å². The number of ether oxygens (including phenoxy) is 2. The summed E-state index contributed by atoms with van der Waals surface area (Å²) in [4.78, 5) is 26.5. The average Bonchev–Trinajstić information content (AvgIpc) is 2.60. The summed E-state index contributed by atoms with van der Waals surface area (Å²) in [5.41, 5.74) is 0.773. The highest BCUT2D eigenvalue weighted by atomic mass is 79.9. The Hall–Kier alpha value is 0.0400. The second-order valence-corrected chi connectivity index (χ2v) is 12.5. The maximum atomic E-state index is 13.3. The van der Waals surface area contributed by atoms with E-state index in [1.165, 1.54) is 0 Å². The Bertz CT molecular complexity index is 701. The molecule has 1 aliphatic heterocycles. The first kappa shape index (κ1) is 24.3. The van der Waals surface area contributed by atoms with Gasteiger partial charge < -0.3 is 9.47 Å². The quantitative estimate of drug-likeness (QED) is 0.277. The Morgan fingerprint density at radius 3 is 1.64 bits per heavy atom. The minimum absolute atomic E-state index is 0.205. The van der Waals surface area contributed by atoms with Crippen molar-refractivity contribution < 1.29 is 19.1 Å². The molecule has 0 aliphatic carbocycles. The fourth-order valence-corrected chi connectivity index (χ4v) is 7.43. The smallest absolute Gasteiger partial charge is 0.326 e. The summed E-state index contributed by atoms with van der Waals surface area (Å²) in [5, 5.41) is 3.33. The highest BCUT2D eigenvalue weighted by molar-refractivity contribution is 9.14. The number of halogens is 4. The number of hydrogen-bond donors (Lipinski definition) is 1. The average molecular weight is 649 g/mol. The SMILES string of the molecule is CCOC(=O)[C@@]1(Br)C(c2ccccc2)[C@@](Br)(C(=O)OCC)[C@](C)(Br)N[C@]1(C)Br. The van der Waals surface area contributed by atoms with Gasteiger partial charge in [0.2, 0.25) is 0 Å². The third-order valence-corrected chi connectivity index (χ3v) is 10.8. The van der Waals surface area contributed by atoms with Crippen molar-refractivity contribution in [2.45, 2.75) is 51.2 Å². The van der Waals surface area contributed by atoms with Crippen LogP contribution in [0.3, 0.4) is 0 Å². The molecule has 1 fully saturated rings. The fraction of sp³-hybridized carbons (Fsp3) is 0.579. The summed E-state index contributed by atoms with van der Waals surface area (Å²) in [6, 6.07) is 9.38. The van der Waals surface area contributed by atoms with Crippen molar-refractivity contribution in [1.82, 2.24) is 5.32 Å². The molecule has 1 aromatic carbocycles. The maximum Gasteiger partial charge on any atom is 0.326 e. The number of piperidine rings is 1. The number of esters is 2. The van der Waals surface area contributed by atoms with Crippen molar-refractivity contribution in [3.05, 3.63) is 35.9 Å². The number of hydrogen-bond acceptors (Lipinski definition) is 5. The number of carbonyl (C=O) groups is 2. The van der Waals surface area contributed by atoms with Crippen LogP contribution >= 0.6 is 63.7 Å². The molecule has 1 unspecified atom stereocenters. The molecule has 0 radical (unpaired) electrons. The van der Waals surface area contributed by atoms with Gasteiger partial charge in [0.25, 0.3) is 0 Å². The minimum atomic E-state index is -1.35. The van der Waals surface area contributed by atoms with Gasteiger partial charge in [-0.15, -0.1) is 0 Å². The van der Waals surface area contributed by atoms with Gasteiger partial charge >= 0.3 is 11.9 Å². The molecule has 1 N–H and O–H groups in total. The van der Waals surface area contributed by atoms with Crippen LogP contribution in [-0.2, 0) is 19.1 Å². The van der Waals surface area contributed by atoms with Crippen LogP contribution in [0.5, 0.6) is 0 Å². The number of benzene rings is 1. The third-order valence-electron chi connectivity index (χ3n) is 4.91. The standard InChI is InChI=1S/C19H23Br4NO4/c1-5-27-14(25)18(22)13(12-10-8-7-9-11-12)19(23,15(26)28-6-2)17(4,21)24-16(18,3)20/h7-11,13,24H,5-6H2,1-4H3/t13?,16-,17+,18-,19+. The second-order valence-electron chi connectivity index (χ2n) is 6.84. The molecule has 9 heteroatoms. The lowest BCUT2D eigenvalue weighted by Gasteiger charge is -2.60. The fourth-order valence-electron chi connectivity index (χ4n) is 3.64. The van der Waals surface area contributed by atoms with Crippen LogP contribution in [0, 0.1) is 0 Å². The van der Waals surface area contributed by atoms with Crippen molar-refractivity contribution >= 4 is 75.7 Å². The van der Waals surface area contributed by atoms with Gasteiger partial charge in [-0.1, -0.05) is 94.1 Å². The van der Waals surface area contributed by atoms with E-state index < -0.39 is 35.4 Å². The zero-order chi connectivity index (χ0) is 21.4. The molecule has 5 atom stereocenters. The Balaban J connectivity index is 2.86. The Morgan fingerprint density at radius 2 is 1.29 bits per heavy atom. The molecule has 0 bridgehead atoms. The Kier molecular flexibility index (Phi) is 7.51. The van der Waals surface area contributed by atoms with E-state index in [2.05, 4.69) is 69.0 Å². The van der Waals surface area contributed by atoms with Gasteiger partial charge in [-0.05, 0) is 33.3 Å². The summed E-state index contributed by atoms with van der Waals surface area (Å²) >= 11 is 14.7. The second kappa shape index (κ2) is 8.65. The summed E-state index contributed by atoms with van der Waals surface area (Å²) in [5.74, 6) is -1.69. The molecule has 1 aliphatic rings. The Labute approximate surface area is 199 Å². The van der Waals surface area contributed by atoms with Crippen LogP contribution in [0.2, 0.25) is 0 Å². The zero-order valence-corrected chi connectivity index (χ0v) is 22.4. The lowest BCUT2D eigenvalue weighted by Crippen LogP contribution is -2.79. The first-order valence-corrected chi connectivity index (χ1v) is 12.0. The molecule has 5 nitrogen and oxygen atoms in total. The highest BCUT2D eigenvalue weighted by Gasteiger charge is 2.75. The molecule has 0 spiro atoms. The molecule has 1 saturated heterocycles. The van der Waals surface area contributed by atoms with Crippen LogP contribution in [0.15, 0.2) is 30.3 Å². The number of nitrogens with one attached hydrogen (secondary N) is 1. The van der Waals surface area contributed by atoms with Crippen molar-refractivity contribution in [2.75, 3.05) is 13.2 Å². The predicted molar refractivity (Wildman–Crippen MR) is 124 cm³/mol. The summed E-state index contributed by atoms with van der Waals surface area (Å²) in [7, 11) is 0. The van der Waals surface area contributed by atoms with Crippen molar-refractivity contribution in [1.29, 1.82) is 0 Å². The zero-order valence-electron chi connectivity index (χ0n) is 16.0. The van der Waals surface area contributed by atoms with Crippen LogP contribution in [0.25, 0.3) is 0 Å². The number of carbonyl (C=O) groups excluding carboxylic acids is 2. The summed E-state index contributed by atoms with van der Waals surface area (Å²) in [6.45, 7) is 7.55. The molecular weight excluding hydrogens is 626 g/mol. The normalized spacial score (nSPS) is 37.9. The third kappa shape index (κ3) is 3.74. The van der Waals surface area contributed by atoms with Crippen molar-refractivity contribution in [3.63, 3.8) is 0 Å². The van der Waals surface area contributed by atoms with E-state index in [1.807, 2.05) is 44.2 Å². The van der Waals surface area contributed by atoms with Crippen molar-refractivity contribution in [2.24, 2.45) is 0 Å². The highest BCUT2D eigenvalue weighted by Crippen LogP contribution is 2.63. The first-order valence-electron chi connectivity index (χ1n) is 8.84. The molecule has 0 amide bonds. The topological polar surface area (TPSA) is 64.6 Å². The van der Waals surface area contributed by atoms with E-state index in [4.69, 9.17) is 9.47 Å². The summed E-state index contributed by atoms with van der Waals surface area (Å²) in [6.07, 6.45) is 0. The first-order chi connectivity index (χ1) is 12.9. The largest absolute Gasteiger partial charge is 0.465 e. The van der Waals surface area contributed by atoms with Gasteiger partial charge in [0.1, 0.15) is 0 Å². The van der Waals surface area contributed by atoms with Gasteiger partial charge in [-0.2, -0.15) is 0 Å². The number of alkyl halides is 4. The van der Waals surface area contributed by atoms with Gasteiger partial charge in [0, 0.05) is 5.92 Å². The summed E-state index contributed by atoms with van der Waals surface area (Å²) < 4.78 is 6.21. The molecule has 2 rings (SSSR count).